The number of nitrogens with zero attached hydrogens (tertiary/aromatic N) is 3. The minimum atomic E-state index is -0.0400. The molecule has 0 amide bonds. The van der Waals surface area contributed by atoms with E-state index >= 15 is 0 Å². The van der Waals surface area contributed by atoms with Crippen molar-refractivity contribution in [3.8, 4) is 5.88 Å². The maximum atomic E-state index is 10.9. The molecule has 0 aliphatic rings. The molecule has 0 saturated heterocycles. The van der Waals surface area contributed by atoms with Gasteiger partial charge in [0.05, 0.1) is 11.6 Å². The van der Waals surface area contributed by atoms with Gasteiger partial charge in [-0.1, -0.05) is 6.07 Å². The molecule has 5 nitrogen and oxygen atoms in total. The Morgan fingerprint density at radius 2 is 2.06 bits per heavy atom. The maximum absolute atomic E-state index is 10.9. The van der Waals surface area contributed by atoms with Crippen molar-refractivity contribution in [3.63, 3.8) is 0 Å². The predicted molar refractivity (Wildman–Crippen MR) is 65.9 cm³/mol. The average Bonchev–Trinajstić information content (AvgIpc) is 2.61. The quantitative estimate of drug-likeness (QED) is 0.765. The Kier molecular flexibility index (Phi) is 2.83. The number of hydrogen-bond donors (Lipinski definition) is 0. The Labute approximate surface area is 99.4 Å². The SMILES string of the molecule is Cc1ccc2c(N=O)c(OC(C)C)nn2c1C. The van der Waals surface area contributed by atoms with E-state index in [0.717, 1.165) is 11.3 Å². The molecular weight excluding hydrogens is 218 g/mol. The number of aryl methyl sites for hydroxylation is 2. The van der Waals surface area contributed by atoms with Crippen LogP contribution in [-0.4, -0.2) is 15.7 Å². The van der Waals surface area contributed by atoms with Gasteiger partial charge in [-0.15, -0.1) is 10.0 Å². The van der Waals surface area contributed by atoms with Crippen molar-refractivity contribution in [2.75, 3.05) is 0 Å². The van der Waals surface area contributed by atoms with Crippen LogP contribution in [0.4, 0.5) is 5.69 Å². The minimum Gasteiger partial charge on any atom is -0.472 e. The molecule has 2 heterocycles. The van der Waals surface area contributed by atoms with Crippen molar-refractivity contribution >= 4 is 11.2 Å². The van der Waals surface area contributed by atoms with Gasteiger partial charge in [0.1, 0.15) is 0 Å². The van der Waals surface area contributed by atoms with Gasteiger partial charge < -0.3 is 4.74 Å². The van der Waals surface area contributed by atoms with Gasteiger partial charge in [0.15, 0.2) is 5.69 Å². The zero-order chi connectivity index (χ0) is 12.6. The molecule has 0 atom stereocenters. The normalized spacial score (nSPS) is 11.1. The van der Waals surface area contributed by atoms with Crippen LogP contribution in [0.25, 0.3) is 5.52 Å². The van der Waals surface area contributed by atoms with Crippen molar-refractivity contribution in [1.29, 1.82) is 0 Å². The number of rotatable bonds is 3. The summed E-state index contributed by atoms with van der Waals surface area (Å²) in [6, 6.07) is 3.78. The van der Waals surface area contributed by atoms with E-state index in [1.165, 1.54) is 0 Å². The number of aromatic nitrogens is 2. The first-order chi connectivity index (χ1) is 8.04. The second-order valence-corrected chi connectivity index (χ2v) is 4.31. The highest BCUT2D eigenvalue weighted by molar-refractivity contribution is 5.74. The third kappa shape index (κ3) is 1.88. The van der Waals surface area contributed by atoms with Gasteiger partial charge in [0.25, 0.3) is 5.88 Å². The van der Waals surface area contributed by atoms with E-state index in [4.69, 9.17) is 4.74 Å². The summed E-state index contributed by atoms with van der Waals surface area (Å²) in [6.07, 6.45) is -0.0400. The highest BCUT2D eigenvalue weighted by Crippen LogP contribution is 2.33. The summed E-state index contributed by atoms with van der Waals surface area (Å²) >= 11 is 0. The van der Waals surface area contributed by atoms with E-state index in [1.807, 2.05) is 39.8 Å². The van der Waals surface area contributed by atoms with Crippen LogP contribution in [0.5, 0.6) is 5.88 Å². The number of pyridine rings is 1. The minimum absolute atomic E-state index is 0.0400. The lowest BCUT2D eigenvalue weighted by molar-refractivity contribution is 0.232. The van der Waals surface area contributed by atoms with Crippen molar-refractivity contribution in [2.45, 2.75) is 33.8 Å². The Balaban J connectivity index is 2.70. The zero-order valence-electron chi connectivity index (χ0n) is 10.4. The Morgan fingerprint density at radius 1 is 1.35 bits per heavy atom. The van der Waals surface area contributed by atoms with Crippen LogP contribution in [0.3, 0.4) is 0 Å². The molecule has 0 fully saturated rings. The number of nitroso groups, excluding NO2 is 1. The molecular formula is C12H15N3O2. The van der Waals surface area contributed by atoms with Gasteiger partial charge in [-0.05, 0) is 44.5 Å². The van der Waals surface area contributed by atoms with Crippen LogP contribution in [0.2, 0.25) is 0 Å². The Morgan fingerprint density at radius 3 is 2.65 bits per heavy atom. The van der Waals surface area contributed by atoms with Crippen molar-refractivity contribution in [1.82, 2.24) is 9.61 Å². The van der Waals surface area contributed by atoms with Crippen molar-refractivity contribution in [3.05, 3.63) is 28.3 Å². The van der Waals surface area contributed by atoms with E-state index in [0.29, 0.717) is 11.4 Å². The molecule has 0 saturated carbocycles. The maximum Gasteiger partial charge on any atom is 0.264 e. The van der Waals surface area contributed by atoms with Crippen LogP contribution in [0.1, 0.15) is 25.1 Å². The lowest BCUT2D eigenvalue weighted by Gasteiger charge is -2.05. The first kappa shape index (κ1) is 11.6. The monoisotopic (exact) mass is 233 g/mol. The van der Waals surface area contributed by atoms with E-state index in [2.05, 4.69) is 10.3 Å². The lowest BCUT2D eigenvalue weighted by atomic mass is 10.2. The molecule has 5 heteroatoms. The summed E-state index contributed by atoms with van der Waals surface area (Å²) < 4.78 is 7.19. The van der Waals surface area contributed by atoms with Crippen LogP contribution in [0, 0.1) is 18.8 Å². The first-order valence-electron chi connectivity index (χ1n) is 5.53. The largest absolute Gasteiger partial charge is 0.472 e. The second kappa shape index (κ2) is 4.16. The standard InChI is InChI=1S/C12H15N3O2/c1-7(2)17-12-11(14-16)10-6-5-8(3)9(4)15(10)13-12/h5-7H,1-4H3. The second-order valence-electron chi connectivity index (χ2n) is 4.31. The smallest absolute Gasteiger partial charge is 0.264 e. The van der Waals surface area contributed by atoms with Crippen LogP contribution in [-0.2, 0) is 0 Å². The summed E-state index contributed by atoms with van der Waals surface area (Å²) in [6.45, 7) is 7.71. The van der Waals surface area contributed by atoms with Gasteiger partial charge in [-0.25, -0.2) is 4.52 Å². The third-order valence-electron chi connectivity index (χ3n) is 2.68. The fraction of sp³-hybridized carbons (Fsp3) is 0.417. The summed E-state index contributed by atoms with van der Waals surface area (Å²) in [5, 5.41) is 7.31. The molecule has 0 aliphatic carbocycles. The van der Waals surface area contributed by atoms with E-state index in [-0.39, 0.29) is 11.8 Å². The average molecular weight is 233 g/mol. The highest BCUT2D eigenvalue weighted by atomic mass is 16.5. The Hall–Kier alpha value is -1.91. The number of hydrogen-bond acceptors (Lipinski definition) is 4. The number of fused-ring (bicyclic) bond motifs is 1. The van der Waals surface area contributed by atoms with Crippen LogP contribution < -0.4 is 4.74 Å². The molecule has 0 radical (unpaired) electrons. The summed E-state index contributed by atoms with van der Waals surface area (Å²) in [7, 11) is 0. The predicted octanol–water partition coefficient (Wildman–Crippen LogP) is 3.14. The summed E-state index contributed by atoms with van der Waals surface area (Å²) in [5.41, 5.74) is 3.03. The third-order valence-corrected chi connectivity index (χ3v) is 2.68. The topological polar surface area (TPSA) is 56.0 Å². The first-order valence-corrected chi connectivity index (χ1v) is 5.53. The van der Waals surface area contributed by atoms with Crippen molar-refractivity contribution in [2.24, 2.45) is 5.18 Å². The van der Waals surface area contributed by atoms with Gasteiger partial charge in [0, 0.05) is 5.69 Å². The zero-order valence-corrected chi connectivity index (χ0v) is 10.4. The number of ether oxygens (including phenoxy) is 1. The molecule has 2 rings (SSSR count). The molecule has 17 heavy (non-hydrogen) atoms. The molecule has 0 N–H and O–H groups in total. The highest BCUT2D eigenvalue weighted by Gasteiger charge is 2.17. The molecule has 2 aromatic rings. The van der Waals surface area contributed by atoms with E-state index in [1.54, 1.807) is 4.52 Å². The molecule has 0 aromatic carbocycles. The van der Waals surface area contributed by atoms with Gasteiger partial charge >= 0.3 is 0 Å². The van der Waals surface area contributed by atoms with Gasteiger partial charge in [-0.3, -0.25) is 0 Å². The Bertz CT molecular complexity index is 573. The molecule has 90 valence electrons. The van der Waals surface area contributed by atoms with Crippen LogP contribution >= 0.6 is 0 Å². The summed E-state index contributed by atoms with van der Waals surface area (Å²) in [5.74, 6) is 0.295. The molecule has 0 spiro atoms. The van der Waals surface area contributed by atoms with Crippen LogP contribution in [0.15, 0.2) is 17.3 Å². The van der Waals surface area contributed by atoms with E-state index < -0.39 is 0 Å². The summed E-state index contributed by atoms with van der Waals surface area (Å²) in [4.78, 5) is 10.9. The fourth-order valence-electron chi connectivity index (χ4n) is 1.69. The van der Waals surface area contributed by atoms with Crippen molar-refractivity contribution < 1.29 is 4.74 Å². The van der Waals surface area contributed by atoms with E-state index in [9.17, 15) is 4.91 Å². The molecule has 0 unspecified atom stereocenters. The van der Waals surface area contributed by atoms with Gasteiger partial charge in [0.2, 0.25) is 0 Å². The fourth-order valence-corrected chi connectivity index (χ4v) is 1.69. The lowest BCUT2D eigenvalue weighted by Crippen LogP contribution is -2.06. The van der Waals surface area contributed by atoms with Gasteiger partial charge in [-0.2, -0.15) is 0 Å². The molecule has 0 aliphatic heterocycles. The molecule has 2 aromatic heterocycles. The molecule has 0 bridgehead atoms.